The van der Waals surface area contributed by atoms with Crippen molar-refractivity contribution in [3.63, 3.8) is 0 Å². The lowest BCUT2D eigenvalue weighted by atomic mass is 9.76. The van der Waals surface area contributed by atoms with Crippen LogP contribution in [0.3, 0.4) is 0 Å². The predicted octanol–water partition coefficient (Wildman–Crippen LogP) is 4.25. The van der Waals surface area contributed by atoms with E-state index in [-0.39, 0.29) is 35.5 Å². The molecule has 0 bridgehead atoms. The monoisotopic (exact) mass is 423 g/mol. The Balaban J connectivity index is 0.00000156. The predicted molar refractivity (Wildman–Crippen MR) is 103 cm³/mol. The largest absolute Gasteiger partial charge is 0.504 e. The topological polar surface area (TPSA) is 43.7 Å². The van der Waals surface area contributed by atoms with Crippen molar-refractivity contribution in [1.29, 1.82) is 0 Å². The summed E-state index contributed by atoms with van der Waals surface area (Å²) in [5.74, 6) is -0.00649. The zero-order valence-electron chi connectivity index (χ0n) is 13.2. The quantitative estimate of drug-likeness (QED) is 0.561. The summed E-state index contributed by atoms with van der Waals surface area (Å²) in [7, 11) is 0. The van der Waals surface area contributed by atoms with Crippen molar-refractivity contribution < 1.29 is 10.2 Å². The van der Waals surface area contributed by atoms with E-state index in [2.05, 4.69) is 30.0 Å². The molecule has 4 rings (SSSR count). The summed E-state index contributed by atoms with van der Waals surface area (Å²) in [6, 6.07) is 10.3. The van der Waals surface area contributed by atoms with Crippen molar-refractivity contribution in [3.8, 4) is 22.6 Å². The van der Waals surface area contributed by atoms with Crippen molar-refractivity contribution in [2.45, 2.75) is 32.2 Å². The highest BCUT2D eigenvalue weighted by atomic mass is 127. The van der Waals surface area contributed by atoms with Crippen LogP contribution in [0.4, 0.5) is 0 Å². The Bertz CT molecular complexity index is 744. The molecule has 0 radical (unpaired) electrons. The minimum absolute atomic E-state index is 0. The van der Waals surface area contributed by atoms with Gasteiger partial charge in [-0.25, -0.2) is 0 Å². The van der Waals surface area contributed by atoms with Gasteiger partial charge in [-0.3, -0.25) is 4.90 Å². The average molecular weight is 423 g/mol. The van der Waals surface area contributed by atoms with Gasteiger partial charge >= 0.3 is 0 Å². The number of benzene rings is 2. The fraction of sp³-hybridized carbons (Fsp3) is 0.368. The fourth-order valence-electron chi connectivity index (χ4n) is 4.13. The lowest BCUT2D eigenvalue weighted by Crippen LogP contribution is -2.38. The van der Waals surface area contributed by atoms with Gasteiger partial charge in [-0.15, -0.1) is 24.0 Å². The van der Waals surface area contributed by atoms with E-state index in [0.717, 1.165) is 49.0 Å². The summed E-state index contributed by atoms with van der Waals surface area (Å²) in [5.41, 5.74) is 5.80. The molecule has 3 nitrogen and oxygen atoms in total. The molecule has 0 amide bonds. The molecule has 2 aromatic rings. The molecular formula is C19H22INO2. The van der Waals surface area contributed by atoms with Gasteiger partial charge in [-0.05, 0) is 54.1 Å². The van der Waals surface area contributed by atoms with Crippen molar-refractivity contribution in [2.24, 2.45) is 0 Å². The fourth-order valence-corrected chi connectivity index (χ4v) is 4.13. The Kier molecular flexibility index (Phi) is 4.56. The van der Waals surface area contributed by atoms with Gasteiger partial charge in [-0.2, -0.15) is 0 Å². The maximum atomic E-state index is 10.4. The normalized spacial score (nSPS) is 18.7. The highest BCUT2D eigenvalue weighted by Crippen LogP contribution is 2.50. The summed E-state index contributed by atoms with van der Waals surface area (Å²) in [4.78, 5) is 2.57. The number of aromatic hydroxyl groups is 2. The average Bonchev–Trinajstić information content (AvgIpc) is 2.53. The van der Waals surface area contributed by atoms with E-state index >= 15 is 0 Å². The number of nitrogens with zero attached hydrogens (tertiary/aromatic N) is 1. The number of phenolic OH excluding ortho intramolecular Hbond substituents is 2. The van der Waals surface area contributed by atoms with Gasteiger partial charge in [0, 0.05) is 18.2 Å². The first-order chi connectivity index (χ1) is 10.7. The molecule has 2 aromatic carbocycles. The molecule has 0 saturated heterocycles. The van der Waals surface area contributed by atoms with Gasteiger partial charge in [-0.1, -0.05) is 31.2 Å². The van der Waals surface area contributed by atoms with Gasteiger partial charge in [0.05, 0.1) is 0 Å². The standard InChI is InChI=1S/C19H21NO2.HI/c1-2-9-20-10-8-12-4-3-5-14-17(12)15(20)11-13-6-7-16(21)19(22)18(13)14;/h3-7,15,21-22H,2,8-11H2,1H3;1H. The van der Waals surface area contributed by atoms with E-state index in [1.54, 1.807) is 6.07 Å². The van der Waals surface area contributed by atoms with Gasteiger partial charge in [0.2, 0.25) is 0 Å². The van der Waals surface area contributed by atoms with E-state index in [0.29, 0.717) is 6.04 Å². The van der Waals surface area contributed by atoms with Crippen molar-refractivity contribution in [2.75, 3.05) is 13.1 Å². The van der Waals surface area contributed by atoms with Gasteiger partial charge in [0.25, 0.3) is 0 Å². The first-order valence-electron chi connectivity index (χ1n) is 8.10. The minimum Gasteiger partial charge on any atom is -0.504 e. The maximum absolute atomic E-state index is 10.4. The Morgan fingerprint density at radius 1 is 1.13 bits per heavy atom. The smallest absolute Gasteiger partial charge is 0.165 e. The highest BCUT2D eigenvalue weighted by molar-refractivity contribution is 14.0. The summed E-state index contributed by atoms with van der Waals surface area (Å²) in [6.07, 6.45) is 3.13. The van der Waals surface area contributed by atoms with E-state index in [1.807, 2.05) is 6.07 Å². The van der Waals surface area contributed by atoms with Crippen LogP contribution in [0.1, 0.15) is 36.1 Å². The summed E-state index contributed by atoms with van der Waals surface area (Å²) in [5, 5.41) is 20.2. The van der Waals surface area contributed by atoms with E-state index < -0.39 is 0 Å². The molecule has 23 heavy (non-hydrogen) atoms. The van der Waals surface area contributed by atoms with Crippen molar-refractivity contribution >= 4 is 24.0 Å². The summed E-state index contributed by atoms with van der Waals surface area (Å²) in [6.45, 7) is 4.44. The van der Waals surface area contributed by atoms with Crippen LogP contribution in [0, 0.1) is 0 Å². The molecule has 2 N–H and O–H groups in total. The van der Waals surface area contributed by atoms with E-state index in [4.69, 9.17) is 0 Å². The van der Waals surface area contributed by atoms with E-state index in [9.17, 15) is 10.2 Å². The second-order valence-electron chi connectivity index (χ2n) is 6.35. The van der Waals surface area contributed by atoms with E-state index in [1.165, 1.54) is 11.1 Å². The number of hydrogen-bond acceptors (Lipinski definition) is 3. The minimum atomic E-state index is -0.0315. The third-order valence-corrected chi connectivity index (χ3v) is 5.08. The molecule has 1 aliphatic carbocycles. The third kappa shape index (κ3) is 2.52. The maximum Gasteiger partial charge on any atom is 0.165 e. The molecular weight excluding hydrogens is 401 g/mol. The molecule has 1 atom stereocenters. The second-order valence-corrected chi connectivity index (χ2v) is 6.35. The first kappa shape index (κ1) is 16.6. The van der Waals surface area contributed by atoms with Gasteiger partial charge in [0.15, 0.2) is 11.5 Å². The zero-order chi connectivity index (χ0) is 15.3. The molecule has 0 fully saturated rings. The molecule has 1 heterocycles. The molecule has 0 saturated carbocycles. The molecule has 0 spiro atoms. The Labute approximate surface area is 154 Å². The number of halogens is 1. The highest BCUT2D eigenvalue weighted by Gasteiger charge is 2.35. The van der Waals surface area contributed by atoms with Crippen LogP contribution < -0.4 is 0 Å². The van der Waals surface area contributed by atoms with Crippen LogP contribution in [0.2, 0.25) is 0 Å². The van der Waals surface area contributed by atoms with Crippen molar-refractivity contribution in [1.82, 2.24) is 4.90 Å². The lowest BCUT2D eigenvalue weighted by Gasteiger charge is -2.41. The molecule has 2 aliphatic rings. The number of hydrogen-bond donors (Lipinski definition) is 2. The number of rotatable bonds is 2. The molecule has 1 unspecified atom stereocenters. The Hall–Kier alpha value is -1.27. The van der Waals surface area contributed by atoms with Crippen LogP contribution >= 0.6 is 24.0 Å². The Morgan fingerprint density at radius 3 is 2.74 bits per heavy atom. The van der Waals surface area contributed by atoms with Crippen molar-refractivity contribution in [3.05, 3.63) is 47.0 Å². The molecule has 4 heteroatoms. The van der Waals surface area contributed by atoms with Crippen LogP contribution in [0.5, 0.6) is 11.5 Å². The lowest BCUT2D eigenvalue weighted by molar-refractivity contribution is 0.183. The second kappa shape index (κ2) is 6.32. The first-order valence-corrected chi connectivity index (χ1v) is 8.10. The Morgan fingerprint density at radius 2 is 1.96 bits per heavy atom. The SMILES string of the molecule is CCCN1CCc2cccc3c2C1Cc1ccc(O)c(O)c1-3.I. The third-order valence-electron chi connectivity index (χ3n) is 5.08. The number of fused-ring (bicyclic) bond motifs is 2. The van der Waals surface area contributed by atoms with Crippen LogP contribution in [-0.2, 0) is 12.8 Å². The number of phenols is 2. The summed E-state index contributed by atoms with van der Waals surface area (Å²) >= 11 is 0. The molecule has 122 valence electrons. The zero-order valence-corrected chi connectivity index (χ0v) is 15.6. The van der Waals surface area contributed by atoms with Crippen LogP contribution in [0.15, 0.2) is 30.3 Å². The van der Waals surface area contributed by atoms with Gasteiger partial charge in [0.1, 0.15) is 0 Å². The molecule has 1 aliphatic heterocycles. The molecule has 0 aromatic heterocycles. The van der Waals surface area contributed by atoms with Crippen LogP contribution in [0.25, 0.3) is 11.1 Å². The van der Waals surface area contributed by atoms with Gasteiger partial charge < -0.3 is 10.2 Å². The summed E-state index contributed by atoms with van der Waals surface area (Å²) < 4.78 is 0. The van der Waals surface area contributed by atoms with Crippen LogP contribution in [-0.4, -0.2) is 28.2 Å².